The second kappa shape index (κ2) is 53.7. The Balaban J connectivity index is 4.14. The maximum absolute atomic E-state index is 12.8. The zero-order chi connectivity index (χ0) is 53.5. The number of likely N-dealkylation sites (N-methyl/N-ethyl adjacent to an activating group) is 1. The number of nitrogens with zero attached hydrogens (tertiary/aromatic N) is 1. The summed E-state index contributed by atoms with van der Waals surface area (Å²) in [7, 11) is 1.46. The van der Waals surface area contributed by atoms with E-state index < -0.39 is 26.5 Å². The van der Waals surface area contributed by atoms with Crippen LogP contribution < -0.4 is 0 Å². The topological polar surface area (TPSA) is 108 Å². The minimum Gasteiger partial charge on any atom is -0.462 e. The van der Waals surface area contributed by atoms with Gasteiger partial charge in [0.15, 0.2) is 6.10 Å². The number of rotatable bonds is 53. The van der Waals surface area contributed by atoms with Crippen molar-refractivity contribution < 1.29 is 42.1 Å². The van der Waals surface area contributed by atoms with E-state index in [-0.39, 0.29) is 32.0 Å². The molecule has 0 saturated heterocycles. The molecule has 0 aliphatic carbocycles. The number of esters is 2. The molecule has 0 aliphatic heterocycles. The summed E-state index contributed by atoms with van der Waals surface area (Å²) in [4.78, 5) is 35.7. The van der Waals surface area contributed by atoms with Gasteiger partial charge < -0.3 is 18.9 Å². The summed E-state index contributed by atoms with van der Waals surface area (Å²) in [5.41, 5.74) is 0. The first kappa shape index (κ1) is 69.9. The number of unbranched alkanes of at least 4 members (excludes halogenated alkanes) is 23. The van der Waals surface area contributed by atoms with Gasteiger partial charge in [-0.05, 0) is 96.3 Å². The predicted octanol–water partition coefficient (Wildman–Crippen LogP) is 18.4. The molecule has 0 aromatic heterocycles. The number of phosphoric acid groups is 1. The zero-order valence-electron chi connectivity index (χ0n) is 47.6. The highest BCUT2D eigenvalue weighted by Crippen LogP contribution is 2.43. The maximum Gasteiger partial charge on any atom is 0.472 e. The van der Waals surface area contributed by atoms with Crippen molar-refractivity contribution in [3.63, 3.8) is 0 Å². The fraction of sp³-hybridized carbons (Fsp3) is 0.714. The van der Waals surface area contributed by atoms with Gasteiger partial charge in [-0.15, -0.1) is 0 Å². The summed E-state index contributed by atoms with van der Waals surface area (Å²) in [5.74, 6) is -0.811. The van der Waals surface area contributed by atoms with Crippen molar-refractivity contribution in [1.29, 1.82) is 0 Å². The quantitative estimate of drug-likeness (QED) is 0.0211. The Bertz CT molecular complexity index is 1550. The molecular weight excluding hydrogens is 930 g/mol. The van der Waals surface area contributed by atoms with Crippen LogP contribution in [0, 0.1) is 0 Å². The van der Waals surface area contributed by atoms with E-state index in [1.54, 1.807) is 0 Å². The molecule has 0 aliphatic rings. The molecule has 0 bridgehead atoms. The second-order valence-electron chi connectivity index (χ2n) is 20.6. The Labute approximate surface area is 449 Å². The van der Waals surface area contributed by atoms with Crippen LogP contribution in [0.2, 0.25) is 0 Å². The molecule has 0 aromatic rings. The molecule has 2 unspecified atom stereocenters. The van der Waals surface area contributed by atoms with E-state index in [0.29, 0.717) is 17.4 Å². The van der Waals surface area contributed by atoms with E-state index in [9.17, 15) is 19.0 Å². The Morgan fingerprint density at radius 3 is 1.18 bits per heavy atom. The van der Waals surface area contributed by atoms with Gasteiger partial charge in [-0.25, -0.2) is 4.57 Å². The largest absolute Gasteiger partial charge is 0.472 e. The molecule has 1 N–H and O–H groups in total. The highest BCUT2D eigenvalue weighted by atomic mass is 31.2. The van der Waals surface area contributed by atoms with Gasteiger partial charge in [0.05, 0.1) is 27.7 Å². The lowest BCUT2D eigenvalue weighted by molar-refractivity contribution is -0.870. The maximum atomic E-state index is 12.8. The Morgan fingerprint density at radius 2 is 0.781 bits per heavy atom. The Hall–Kier alpha value is -3.07. The average Bonchev–Trinajstić information content (AvgIpc) is 3.35. The third kappa shape index (κ3) is 58.1. The number of phosphoric ester groups is 1. The number of allylic oxidation sites excluding steroid dienone is 16. The molecule has 0 heterocycles. The van der Waals surface area contributed by atoms with Crippen LogP contribution in [0.15, 0.2) is 97.2 Å². The molecule has 0 aromatic carbocycles. The first-order valence-electron chi connectivity index (χ1n) is 29.5. The highest BCUT2D eigenvalue weighted by molar-refractivity contribution is 7.47. The smallest absolute Gasteiger partial charge is 0.462 e. The molecule has 0 radical (unpaired) electrons. The molecule has 0 fully saturated rings. The SMILES string of the molecule is CC/C=C\C/C=C\C/C=C\C/C=C\C/C=C\C/C=C\C/C=C\CCCCCCCCCCCCCC(=O)OC(COC(=O)CCCCCCC/C=C\CCCCCCCCC)COP(=O)(O)OCC[N+](C)(C)C. The van der Waals surface area contributed by atoms with Crippen LogP contribution in [-0.2, 0) is 32.7 Å². The molecule has 9 nitrogen and oxygen atoms in total. The van der Waals surface area contributed by atoms with Crippen molar-refractivity contribution in [3.8, 4) is 0 Å². The first-order chi connectivity index (χ1) is 35.5. The minimum absolute atomic E-state index is 0.0263. The highest BCUT2D eigenvalue weighted by Gasteiger charge is 2.27. The lowest BCUT2D eigenvalue weighted by atomic mass is 10.0. The fourth-order valence-electron chi connectivity index (χ4n) is 7.81. The van der Waals surface area contributed by atoms with E-state index in [1.807, 2.05) is 21.1 Å². The van der Waals surface area contributed by atoms with Gasteiger partial charge in [-0.2, -0.15) is 0 Å². The Kier molecular flexibility index (Phi) is 51.5. The van der Waals surface area contributed by atoms with Crippen LogP contribution in [-0.4, -0.2) is 74.9 Å². The third-order valence-electron chi connectivity index (χ3n) is 12.3. The summed E-state index contributed by atoms with van der Waals surface area (Å²) in [6.07, 6.45) is 73.3. The van der Waals surface area contributed by atoms with Crippen molar-refractivity contribution in [2.45, 2.75) is 245 Å². The van der Waals surface area contributed by atoms with Crippen LogP contribution in [0.4, 0.5) is 0 Å². The van der Waals surface area contributed by atoms with Gasteiger partial charge >= 0.3 is 19.8 Å². The molecule has 420 valence electrons. The summed E-state index contributed by atoms with van der Waals surface area (Å²) < 4.78 is 34.5. The van der Waals surface area contributed by atoms with E-state index >= 15 is 0 Å². The number of carbonyl (C=O) groups is 2. The monoisotopic (exact) mass is 1040 g/mol. The molecule has 0 rings (SSSR count). The van der Waals surface area contributed by atoms with Crippen molar-refractivity contribution in [2.75, 3.05) is 47.5 Å². The molecule has 0 amide bonds. The van der Waals surface area contributed by atoms with Gasteiger partial charge in [-0.3, -0.25) is 18.6 Å². The molecular formula is C63H111NO8P+. The number of hydrogen-bond acceptors (Lipinski definition) is 7. The average molecular weight is 1040 g/mol. The molecule has 0 spiro atoms. The summed E-state index contributed by atoms with van der Waals surface area (Å²) in [6, 6.07) is 0. The van der Waals surface area contributed by atoms with E-state index in [0.717, 1.165) is 109 Å². The third-order valence-corrected chi connectivity index (χ3v) is 13.3. The van der Waals surface area contributed by atoms with Crippen molar-refractivity contribution in [3.05, 3.63) is 97.2 Å². The van der Waals surface area contributed by atoms with Crippen molar-refractivity contribution in [1.82, 2.24) is 0 Å². The van der Waals surface area contributed by atoms with Gasteiger partial charge in [-0.1, -0.05) is 227 Å². The van der Waals surface area contributed by atoms with E-state index in [4.69, 9.17) is 18.5 Å². The molecule has 0 saturated carbocycles. The predicted molar refractivity (Wildman–Crippen MR) is 312 cm³/mol. The molecule has 2 atom stereocenters. The number of quaternary nitrogens is 1. The fourth-order valence-corrected chi connectivity index (χ4v) is 8.56. The number of ether oxygens (including phenoxy) is 2. The van der Waals surface area contributed by atoms with Crippen LogP contribution in [0.5, 0.6) is 0 Å². The van der Waals surface area contributed by atoms with Gasteiger partial charge in [0.1, 0.15) is 19.8 Å². The lowest BCUT2D eigenvalue weighted by Crippen LogP contribution is -2.37. The number of carbonyl (C=O) groups excluding carboxylic acids is 2. The van der Waals surface area contributed by atoms with E-state index in [2.05, 4.69) is 111 Å². The first-order valence-corrected chi connectivity index (χ1v) is 31.0. The standard InChI is InChI=1S/C63H110NO8P/c1-6-8-10-12-14-16-18-20-22-24-25-26-27-28-29-30-31-32-33-34-35-36-37-38-39-40-42-44-46-48-50-52-54-56-63(66)72-61(60-71-73(67,68)70-58-57-64(3,4)5)59-69-62(65)55-53-51-49-47-45-43-41-23-21-19-17-15-13-11-9-7-2/h8,10,14,16,20,22-23,25-26,28-29,31-32,34-35,41,61H,6-7,9,11-13,15,17-19,21,24,27,30,33,36-40,42-60H2,1-5H3/p+1/b10-8-,16-14-,22-20-,26-25-,29-28-,32-31-,35-34-,41-23-. The summed E-state index contributed by atoms with van der Waals surface area (Å²) in [6.45, 7) is 4.30. The zero-order valence-corrected chi connectivity index (χ0v) is 48.5. The van der Waals surface area contributed by atoms with Crippen LogP contribution >= 0.6 is 7.82 Å². The molecule has 73 heavy (non-hydrogen) atoms. The van der Waals surface area contributed by atoms with Crippen molar-refractivity contribution in [2.24, 2.45) is 0 Å². The van der Waals surface area contributed by atoms with Crippen LogP contribution in [0.25, 0.3) is 0 Å². The van der Waals surface area contributed by atoms with Gasteiger partial charge in [0.2, 0.25) is 0 Å². The van der Waals surface area contributed by atoms with E-state index in [1.165, 1.54) is 96.3 Å². The normalized spacial score (nSPS) is 14.0. The van der Waals surface area contributed by atoms with Gasteiger partial charge in [0, 0.05) is 12.8 Å². The van der Waals surface area contributed by atoms with Crippen LogP contribution in [0.1, 0.15) is 239 Å². The number of hydrogen-bond donors (Lipinski definition) is 1. The lowest BCUT2D eigenvalue weighted by Gasteiger charge is -2.24. The van der Waals surface area contributed by atoms with Crippen LogP contribution in [0.3, 0.4) is 0 Å². The minimum atomic E-state index is -4.39. The molecule has 10 heteroatoms. The van der Waals surface area contributed by atoms with Gasteiger partial charge in [0.25, 0.3) is 0 Å². The summed E-state index contributed by atoms with van der Waals surface area (Å²) >= 11 is 0. The Morgan fingerprint density at radius 1 is 0.438 bits per heavy atom. The second-order valence-corrected chi connectivity index (χ2v) is 22.1. The van der Waals surface area contributed by atoms with Crippen molar-refractivity contribution >= 4 is 19.8 Å². The summed E-state index contributed by atoms with van der Waals surface area (Å²) in [5, 5.41) is 0.